The minimum absolute atomic E-state index is 0.558. The highest BCUT2D eigenvalue weighted by Crippen LogP contribution is 2.24. The van der Waals surface area contributed by atoms with E-state index in [1.54, 1.807) is 6.08 Å². The molecule has 2 heteroatoms. The highest BCUT2D eigenvalue weighted by molar-refractivity contribution is 7.12. The fourth-order valence-corrected chi connectivity index (χ4v) is 2.88. The lowest BCUT2D eigenvalue weighted by Crippen LogP contribution is -1.93. The van der Waals surface area contributed by atoms with Crippen LogP contribution in [0.15, 0.2) is 43.0 Å². The lowest BCUT2D eigenvalue weighted by Gasteiger charge is -2.05. The zero-order chi connectivity index (χ0) is 13.0. The smallest absolute Gasteiger partial charge is 0.119 e. The van der Waals surface area contributed by atoms with Crippen molar-refractivity contribution < 1.29 is 4.74 Å². The molecule has 1 aromatic heterocycles. The van der Waals surface area contributed by atoms with E-state index < -0.39 is 0 Å². The minimum atomic E-state index is 0.558. The molecule has 2 rings (SSSR count). The molecule has 0 aliphatic heterocycles. The normalized spacial score (nSPS) is 10.3. The molecule has 2 aromatic rings. The van der Waals surface area contributed by atoms with Crippen molar-refractivity contribution in [3.8, 4) is 5.75 Å². The molecule has 1 heterocycles. The number of ether oxygens (including phenoxy) is 1. The van der Waals surface area contributed by atoms with Gasteiger partial charge in [0.2, 0.25) is 0 Å². The second-order valence-electron chi connectivity index (χ2n) is 4.36. The zero-order valence-electron chi connectivity index (χ0n) is 10.9. The summed E-state index contributed by atoms with van der Waals surface area (Å²) in [5.41, 5.74) is 2.75. The van der Waals surface area contributed by atoms with E-state index in [2.05, 4.69) is 38.6 Å². The molecule has 94 valence electrons. The Balaban J connectivity index is 2.06. The first-order valence-electron chi connectivity index (χ1n) is 6.07. The van der Waals surface area contributed by atoms with Crippen LogP contribution >= 0.6 is 11.3 Å². The predicted octanol–water partition coefficient (Wildman–Crippen LogP) is 4.52. The van der Waals surface area contributed by atoms with Crippen LogP contribution in [0, 0.1) is 13.8 Å². The van der Waals surface area contributed by atoms with Gasteiger partial charge in [-0.2, -0.15) is 0 Å². The van der Waals surface area contributed by atoms with Crippen LogP contribution in [0.2, 0.25) is 0 Å². The van der Waals surface area contributed by atoms with E-state index in [1.165, 1.54) is 20.9 Å². The third kappa shape index (κ3) is 3.23. The fraction of sp³-hybridized carbons (Fsp3) is 0.250. The Hall–Kier alpha value is -1.54. The number of hydrogen-bond acceptors (Lipinski definition) is 2. The van der Waals surface area contributed by atoms with E-state index in [9.17, 15) is 0 Å². The molecule has 0 fully saturated rings. The van der Waals surface area contributed by atoms with Crippen molar-refractivity contribution in [2.24, 2.45) is 0 Å². The number of thiophene rings is 1. The third-order valence-electron chi connectivity index (χ3n) is 2.83. The summed E-state index contributed by atoms with van der Waals surface area (Å²) in [4.78, 5) is 2.80. The first-order valence-corrected chi connectivity index (χ1v) is 6.89. The number of rotatable bonds is 5. The lowest BCUT2D eigenvalue weighted by molar-refractivity contribution is 0.363. The summed E-state index contributed by atoms with van der Waals surface area (Å²) in [6, 6.07) is 10.6. The Morgan fingerprint density at radius 3 is 2.50 bits per heavy atom. The second-order valence-corrected chi connectivity index (χ2v) is 5.82. The summed E-state index contributed by atoms with van der Waals surface area (Å²) in [7, 11) is 0. The first kappa shape index (κ1) is 12.9. The van der Waals surface area contributed by atoms with Crippen molar-refractivity contribution in [1.29, 1.82) is 0 Å². The predicted molar refractivity (Wildman–Crippen MR) is 78.7 cm³/mol. The molecule has 0 atom stereocenters. The molecule has 0 saturated heterocycles. The van der Waals surface area contributed by atoms with Gasteiger partial charge < -0.3 is 4.74 Å². The molecule has 18 heavy (non-hydrogen) atoms. The van der Waals surface area contributed by atoms with Gasteiger partial charge in [0.05, 0.1) is 0 Å². The van der Waals surface area contributed by atoms with E-state index in [0.29, 0.717) is 6.61 Å². The molecule has 0 radical (unpaired) electrons. The minimum Gasteiger partial charge on any atom is -0.490 e. The molecule has 0 bridgehead atoms. The monoisotopic (exact) mass is 258 g/mol. The number of benzene rings is 1. The van der Waals surface area contributed by atoms with Crippen LogP contribution in [0.3, 0.4) is 0 Å². The van der Waals surface area contributed by atoms with E-state index >= 15 is 0 Å². The summed E-state index contributed by atoms with van der Waals surface area (Å²) in [6.45, 7) is 8.54. The molecule has 0 N–H and O–H groups in total. The molecule has 0 aliphatic carbocycles. The Bertz CT molecular complexity index is 523. The quantitative estimate of drug-likeness (QED) is 0.716. The van der Waals surface area contributed by atoms with Crippen LogP contribution in [0.25, 0.3) is 0 Å². The van der Waals surface area contributed by atoms with E-state index in [-0.39, 0.29) is 0 Å². The van der Waals surface area contributed by atoms with E-state index in [0.717, 1.165) is 12.2 Å². The van der Waals surface area contributed by atoms with Crippen molar-refractivity contribution >= 4 is 11.3 Å². The summed E-state index contributed by atoms with van der Waals surface area (Å²) in [5, 5.41) is 0. The van der Waals surface area contributed by atoms with Crippen molar-refractivity contribution in [2.45, 2.75) is 20.3 Å². The van der Waals surface area contributed by atoms with Gasteiger partial charge in [0.15, 0.2) is 0 Å². The van der Waals surface area contributed by atoms with Crippen molar-refractivity contribution in [2.75, 3.05) is 6.61 Å². The highest BCUT2D eigenvalue weighted by atomic mass is 32.1. The zero-order valence-corrected chi connectivity index (χ0v) is 11.7. The van der Waals surface area contributed by atoms with Crippen LogP contribution in [0.4, 0.5) is 0 Å². The molecule has 0 spiro atoms. The van der Waals surface area contributed by atoms with Gasteiger partial charge in [-0.15, -0.1) is 11.3 Å². The molecule has 1 nitrogen and oxygen atoms in total. The second kappa shape index (κ2) is 5.87. The van der Waals surface area contributed by atoms with Crippen LogP contribution in [-0.2, 0) is 6.42 Å². The van der Waals surface area contributed by atoms with Crippen molar-refractivity contribution in [3.63, 3.8) is 0 Å². The third-order valence-corrected chi connectivity index (χ3v) is 3.84. The Morgan fingerprint density at radius 2 is 1.94 bits per heavy atom. The van der Waals surface area contributed by atoms with Gasteiger partial charge in [0, 0.05) is 9.75 Å². The molecule has 0 unspecified atom stereocenters. The SMILES string of the molecule is C=CCOc1ccc(Cc2cc(C)sc2C)cc1. The van der Waals surface area contributed by atoms with Crippen LogP contribution in [0.1, 0.15) is 20.9 Å². The molecular weight excluding hydrogens is 240 g/mol. The van der Waals surface area contributed by atoms with Gasteiger partial charge in [-0.3, -0.25) is 0 Å². The van der Waals surface area contributed by atoms with E-state index in [4.69, 9.17) is 4.74 Å². The largest absolute Gasteiger partial charge is 0.490 e. The summed E-state index contributed by atoms with van der Waals surface area (Å²) in [5.74, 6) is 0.900. The van der Waals surface area contributed by atoms with Gasteiger partial charge in [-0.25, -0.2) is 0 Å². The van der Waals surface area contributed by atoms with Crippen LogP contribution < -0.4 is 4.74 Å². The summed E-state index contributed by atoms with van der Waals surface area (Å²) in [6.07, 6.45) is 2.75. The van der Waals surface area contributed by atoms with Crippen molar-refractivity contribution in [3.05, 3.63) is 63.9 Å². The molecule has 0 saturated carbocycles. The Kier molecular flexibility index (Phi) is 4.21. The van der Waals surface area contributed by atoms with Gasteiger partial charge in [0.25, 0.3) is 0 Å². The molecule has 0 aliphatic rings. The van der Waals surface area contributed by atoms with Gasteiger partial charge in [-0.05, 0) is 49.6 Å². The van der Waals surface area contributed by atoms with Gasteiger partial charge in [-0.1, -0.05) is 24.8 Å². The maximum absolute atomic E-state index is 5.47. The van der Waals surface area contributed by atoms with Crippen LogP contribution in [0.5, 0.6) is 5.75 Å². The average Bonchev–Trinajstić information content (AvgIpc) is 2.67. The number of aryl methyl sites for hydroxylation is 2. The Labute approximate surface area is 113 Å². The lowest BCUT2D eigenvalue weighted by atomic mass is 10.1. The maximum atomic E-state index is 5.47. The van der Waals surface area contributed by atoms with Crippen molar-refractivity contribution in [1.82, 2.24) is 0 Å². The summed E-state index contributed by atoms with van der Waals surface area (Å²) >= 11 is 1.87. The Morgan fingerprint density at radius 1 is 1.22 bits per heavy atom. The highest BCUT2D eigenvalue weighted by Gasteiger charge is 2.04. The van der Waals surface area contributed by atoms with E-state index in [1.807, 2.05) is 23.5 Å². The molecule has 0 amide bonds. The fourth-order valence-electron chi connectivity index (χ4n) is 1.94. The topological polar surface area (TPSA) is 9.23 Å². The number of hydrogen-bond donors (Lipinski definition) is 0. The van der Waals surface area contributed by atoms with Gasteiger partial charge in [0.1, 0.15) is 12.4 Å². The first-order chi connectivity index (χ1) is 8.69. The molecular formula is C16H18OS. The maximum Gasteiger partial charge on any atom is 0.119 e. The standard InChI is InChI=1S/C16H18OS/c1-4-9-17-16-7-5-14(6-8-16)11-15-10-12(2)18-13(15)3/h4-8,10H,1,9,11H2,2-3H3. The van der Waals surface area contributed by atoms with Gasteiger partial charge >= 0.3 is 0 Å². The van der Waals surface area contributed by atoms with Crippen LogP contribution in [-0.4, -0.2) is 6.61 Å². The summed E-state index contributed by atoms with van der Waals surface area (Å²) < 4.78 is 5.47. The average molecular weight is 258 g/mol. The molecule has 1 aromatic carbocycles.